The van der Waals surface area contributed by atoms with Gasteiger partial charge in [0.1, 0.15) is 0 Å². The van der Waals surface area contributed by atoms with Crippen LogP contribution in [0.25, 0.3) is 0 Å². The lowest BCUT2D eigenvalue weighted by Gasteiger charge is -2.09. The number of hydrogen-bond donors (Lipinski definition) is 0. The molecular weight excluding hydrogens is 321 g/mol. The zero-order valence-corrected chi connectivity index (χ0v) is 10.9. The zero-order chi connectivity index (χ0) is 16.2. The summed E-state index contributed by atoms with van der Waals surface area (Å²) in [5.74, 6) is -14.5. The van der Waals surface area contributed by atoms with Gasteiger partial charge in [-0.2, -0.15) is 22.5 Å². The van der Waals surface area contributed by atoms with Crippen LogP contribution in [0.4, 0.5) is 22.0 Å². The summed E-state index contributed by atoms with van der Waals surface area (Å²) in [5, 5.41) is 8.16. The number of hydrogen-bond acceptors (Lipinski definition) is 4. The van der Waals surface area contributed by atoms with Crippen LogP contribution in [0.1, 0.15) is 6.42 Å². The topological polar surface area (TPSA) is 67.2 Å². The predicted octanol–water partition coefficient (Wildman–Crippen LogP) is 2.56. The minimum Gasteiger partial charge on any atom is -0.376 e. The van der Waals surface area contributed by atoms with E-state index in [-0.39, 0.29) is 6.42 Å². The molecule has 0 unspecified atom stereocenters. The Hall–Kier alpha value is -2.15. The van der Waals surface area contributed by atoms with Crippen molar-refractivity contribution in [1.82, 2.24) is 0 Å². The maximum atomic E-state index is 13.2. The summed E-state index contributed by atoms with van der Waals surface area (Å²) < 4.78 is 91.5. The van der Waals surface area contributed by atoms with Crippen LogP contribution in [0.15, 0.2) is 12.2 Å². The molecule has 0 atom stereocenters. The van der Waals surface area contributed by atoms with Gasteiger partial charge in [0.2, 0.25) is 34.8 Å². The van der Waals surface area contributed by atoms with Gasteiger partial charge in [-0.05, 0) is 6.42 Å². The third-order valence-electron chi connectivity index (χ3n) is 2.11. The van der Waals surface area contributed by atoms with Crippen molar-refractivity contribution < 1.29 is 34.6 Å². The van der Waals surface area contributed by atoms with Gasteiger partial charge in [-0.3, -0.25) is 0 Å². The SMILES string of the molecule is N#C/C=C/CCS(=O)(=O)Oc1c(F)c(F)c(F)c(F)c1F. The Bertz CT molecular complexity index is 695. The molecule has 0 aliphatic carbocycles. The molecule has 1 aromatic carbocycles. The highest BCUT2D eigenvalue weighted by Crippen LogP contribution is 2.30. The van der Waals surface area contributed by atoms with Crippen molar-refractivity contribution in [2.24, 2.45) is 0 Å². The van der Waals surface area contributed by atoms with Gasteiger partial charge < -0.3 is 4.18 Å². The van der Waals surface area contributed by atoms with Crippen LogP contribution in [0.3, 0.4) is 0 Å². The lowest BCUT2D eigenvalue weighted by Crippen LogP contribution is -2.17. The molecule has 0 aliphatic rings. The van der Waals surface area contributed by atoms with E-state index in [2.05, 4.69) is 4.18 Å². The molecule has 0 radical (unpaired) electrons. The molecule has 0 spiro atoms. The van der Waals surface area contributed by atoms with Crippen LogP contribution >= 0.6 is 0 Å². The van der Waals surface area contributed by atoms with Crippen molar-refractivity contribution >= 4 is 10.1 Å². The smallest absolute Gasteiger partial charge is 0.309 e. The number of allylic oxidation sites excluding steroid dienone is 2. The van der Waals surface area contributed by atoms with Gasteiger partial charge in [-0.15, -0.1) is 0 Å². The molecule has 0 bridgehead atoms. The summed E-state index contributed by atoms with van der Waals surface area (Å²) in [6.07, 6.45) is 1.83. The number of halogens is 5. The summed E-state index contributed by atoms with van der Waals surface area (Å²) in [5.41, 5.74) is 0. The first-order valence-corrected chi connectivity index (χ1v) is 6.77. The molecule has 0 N–H and O–H groups in total. The average Bonchev–Trinajstić information content (AvgIpc) is 2.44. The lowest BCUT2D eigenvalue weighted by atomic mass is 10.3. The molecule has 0 amide bonds. The van der Waals surface area contributed by atoms with Crippen molar-refractivity contribution in [3.63, 3.8) is 0 Å². The Morgan fingerprint density at radius 1 is 1.00 bits per heavy atom. The maximum absolute atomic E-state index is 13.2. The second kappa shape index (κ2) is 6.53. The molecule has 0 saturated heterocycles. The molecule has 114 valence electrons. The number of rotatable bonds is 5. The summed E-state index contributed by atoms with van der Waals surface area (Å²) in [4.78, 5) is 0. The number of nitrogens with zero attached hydrogens (tertiary/aromatic N) is 1. The van der Waals surface area contributed by atoms with Gasteiger partial charge in [-0.25, -0.2) is 13.2 Å². The Balaban J connectivity index is 3.09. The van der Waals surface area contributed by atoms with Crippen molar-refractivity contribution in [1.29, 1.82) is 5.26 Å². The van der Waals surface area contributed by atoms with E-state index in [1.54, 1.807) is 6.07 Å². The molecule has 4 nitrogen and oxygen atoms in total. The van der Waals surface area contributed by atoms with Gasteiger partial charge in [0, 0.05) is 6.08 Å². The van der Waals surface area contributed by atoms with E-state index >= 15 is 0 Å². The quantitative estimate of drug-likeness (QED) is 0.274. The van der Waals surface area contributed by atoms with E-state index in [4.69, 9.17) is 5.26 Å². The van der Waals surface area contributed by atoms with Gasteiger partial charge in [0.25, 0.3) is 0 Å². The molecule has 0 aromatic heterocycles. The second-order valence-corrected chi connectivity index (χ2v) is 5.25. The van der Waals surface area contributed by atoms with Crippen LogP contribution in [-0.2, 0) is 10.1 Å². The summed E-state index contributed by atoms with van der Waals surface area (Å²) >= 11 is 0. The third-order valence-corrected chi connectivity index (χ3v) is 3.26. The van der Waals surface area contributed by atoms with E-state index in [9.17, 15) is 30.4 Å². The van der Waals surface area contributed by atoms with E-state index in [1.807, 2.05) is 0 Å². The lowest BCUT2D eigenvalue weighted by molar-refractivity contribution is 0.347. The van der Waals surface area contributed by atoms with E-state index in [1.165, 1.54) is 0 Å². The maximum Gasteiger partial charge on any atom is 0.309 e. The van der Waals surface area contributed by atoms with E-state index in [0.29, 0.717) is 0 Å². The van der Waals surface area contributed by atoms with Crippen LogP contribution in [0.2, 0.25) is 0 Å². The van der Waals surface area contributed by atoms with Crippen molar-refractivity contribution in [3.8, 4) is 11.8 Å². The fourth-order valence-electron chi connectivity index (χ4n) is 1.17. The molecule has 1 aromatic rings. The van der Waals surface area contributed by atoms with E-state index < -0.39 is 50.7 Å². The summed E-state index contributed by atoms with van der Waals surface area (Å²) in [7, 11) is -4.60. The minimum atomic E-state index is -4.60. The highest BCUT2D eigenvalue weighted by Gasteiger charge is 2.29. The molecule has 0 aliphatic heterocycles. The molecule has 0 heterocycles. The Labute approximate surface area is 116 Å². The molecule has 0 saturated carbocycles. The molecule has 21 heavy (non-hydrogen) atoms. The molecule has 10 heteroatoms. The van der Waals surface area contributed by atoms with Gasteiger partial charge in [-0.1, -0.05) is 6.08 Å². The average molecular weight is 327 g/mol. The van der Waals surface area contributed by atoms with Crippen molar-refractivity contribution in [2.75, 3.05) is 5.75 Å². The minimum absolute atomic E-state index is 0.245. The summed E-state index contributed by atoms with van der Waals surface area (Å²) in [6.45, 7) is 0. The van der Waals surface area contributed by atoms with Crippen molar-refractivity contribution in [2.45, 2.75) is 6.42 Å². The van der Waals surface area contributed by atoms with Gasteiger partial charge in [0.15, 0.2) is 0 Å². The zero-order valence-electron chi connectivity index (χ0n) is 10.0. The fourth-order valence-corrected chi connectivity index (χ4v) is 2.08. The highest BCUT2D eigenvalue weighted by molar-refractivity contribution is 7.87. The summed E-state index contributed by atoms with van der Waals surface area (Å²) in [6, 6.07) is 1.57. The van der Waals surface area contributed by atoms with Crippen molar-refractivity contribution in [3.05, 3.63) is 41.2 Å². The second-order valence-electron chi connectivity index (χ2n) is 3.56. The van der Waals surface area contributed by atoms with Gasteiger partial charge in [0.05, 0.1) is 11.8 Å². The van der Waals surface area contributed by atoms with Gasteiger partial charge >= 0.3 is 10.1 Å². The first-order valence-electron chi connectivity index (χ1n) is 5.19. The van der Waals surface area contributed by atoms with E-state index in [0.717, 1.165) is 12.2 Å². The standard InChI is InChI=1S/C11H6F5NO3S/c12-6-7(13)9(15)11(10(16)8(6)14)20-21(18,19)5-3-1-2-4-17/h1-2H,3,5H2/b2-1+. The number of benzene rings is 1. The number of nitriles is 1. The largest absolute Gasteiger partial charge is 0.376 e. The Morgan fingerprint density at radius 3 is 1.95 bits per heavy atom. The molecular formula is C11H6F5NO3S. The fraction of sp³-hybridized carbons (Fsp3) is 0.182. The highest BCUT2D eigenvalue weighted by atomic mass is 32.2. The first-order chi connectivity index (χ1) is 9.71. The first kappa shape index (κ1) is 16.9. The Kier molecular flexibility index (Phi) is 5.26. The monoisotopic (exact) mass is 327 g/mol. The normalized spacial score (nSPS) is 11.6. The third kappa shape index (κ3) is 3.91. The Morgan fingerprint density at radius 2 is 1.48 bits per heavy atom. The predicted molar refractivity (Wildman–Crippen MR) is 60.0 cm³/mol. The van der Waals surface area contributed by atoms with Crippen LogP contribution < -0.4 is 4.18 Å². The van der Waals surface area contributed by atoms with Crippen LogP contribution in [-0.4, -0.2) is 14.2 Å². The molecule has 0 fully saturated rings. The van der Waals surface area contributed by atoms with Crippen LogP contribution in [0.5, 0.6) is 5.75 Å². The molecule has 1 rings (SSSR count). The van der Waals surface area contributed by atoms with Crippen LogP contribution in [0, 0.1) is 40.4 Å².